The molecule has 0 nitrogen and oxygen atoms in total. The standard InChI is InChI=1S/C21H16.Pd/c1-17-12-14-20(15-13-17)21(19-10-6-3-7-11-19)16-18-8-4-2-5-9-18;/h2-14H,1H3;/q-2;+2. The molecule has 110 valence electrons. The molecular weight excluding hydrogens is 359 g/mol. The monoisotopic (exact) mass is 374 g/mol. The number of benzene rings is 3. The number of aryl methyl sites for hydroxylation is 1. The van der Waals surface area contributed by atoms with Crippen molar-refractivity contribution in [3.8, 4) is 0 Å². The molecule has 0 unspecified atom stereocenters. The molecule has 0 aromatic heterocycles. The van der Waals surface area contributed by atoms with Crippen molar-refractivity contribution in [3.63, 3.8) is 0 Å². The van der Waals surface area contributed by atoms with Gasteiger partial charge in [-0.3, -0.25) is 0 Å². The van der Waals surface area contributed by atoms with E-state index in [0.717, 1.165) is 22.3 Å². The Kier molecular flexibility index (Phi) is 5.90. The second kappa shape index (κ2) is 7.90. The van der Waals surface area contributed by atoms with E-state index in [9.17, 15) is 0 Å². The van der Waals surface area contributed by atoms with E-state index in [2.05, 4.69) is 67.6 Å². The molecular formula is C21H16Pd. The van der Waals surface area contributed by atoms with Gasteiger partial charge >= 0.3 is 20.4 Å². The van der Waals surface area contributed by atoms with Crippen molar-refractivity contribution in [2.24, 2.45) is 0 Å². The van der Waals surface area contributed by atoms with Crippen molar-refractivity contribution in [2.45, 2.75) is 6.92 Å². The summed E-state index contributed by atoms with van der Waals surface area (Å²) in [5.74, 6) is 0. The Balaban J connectivity index is 0.00000176. The summed E-state index contributed by atoms with van der Waals surface area (Å²) in [6.07, 6.45) is 3.52. The summed E-state index contributed by atoms with van der Waals surface area (Å²) >= 11 is 0. The molecule has 0 N–H and O–H groups in total. The van der Waals surface area contributed by atoms with Gasteiger partial charge in [0, 0.05) is 0 Å². The summed E-state index contributed by atoms with van der Waals surface area (Å²) < 4.78 is 0. The predicted molar refractivity (Wildman–Crippen MR) is 87.8 cm³/mol. The Bertz CT molecular complexity index is 726. The number of rotatable bonds is 3. The fourth-order valence-corrected chi connectivity index (χ4v) is 2.22. The summed E-state index contributed by atoms with van der Waals surface area (Å²) in [5, 5.41) is 0. The fraction of sp³-hybridized carbons (Fsp3) is 0.0476. The van der Waals surface area contributed by atoms with Crippen LogP contribution in [-0.4, -0.2) is 0 Å². The maximum absolute atomic E-state index is 3.52. The Morgan fingerprint density at radius 2 is 1.45 bits per heavy atom. The van der Waals surface area contributed by atoms with Gasteiger partial charge in [-0.05, 0) is 0 Å². The summed E-state index contributed by atoms with van der Waals surface area (Å²) in [5.41, 5.74) is 5.58. The van der Waals surface area contributed by atoms with Crippen molar-refractivity contribution < 1.29 is 20.4 Å². The van der Waals surface area contributed by atoms with E-state index in [1.807, 2.05) is 30.3 Å². The normalized spacial score (nSPS) is 10.9. The SMILES string of the molecule is Cc1c[c-]c(C(=[C-]c2ccccc2)c2ccccc2)cc1.[Pd+2]. The average Bonchev–Trinajstić information content (AvgIpc) is 2.55. The first-order valence-corrected chi connectivity index (χ1v) is 7.06. The zero-order valence-electron chi connectivity index (χ0n) is 12.3. The van der Waals surface area contributed by atoms with Crippen LogP contribution in [0.2, 0.25) is 0 Å². The van der Waals surface area contributed by atoms with Gasteiger partial charge in [0.1, 0.15) is 0 Å². The Hall–Kier alpha value is -1.94. The first-order chi connectivity index (χ1) is 10.3. The van der Waals surface area contributed by atoms with E-state index >= 15 is 0 Å². The molecule has 0 aliphatic carbocycles. The van der Waals surface area contributed by atoms with Crippen molar-refractivity contribution >= 4 is 5.57 Å². The largest absolute Gasteiger partial charge is 2.00 e. The topological polar surface area (TPSA) is 0 Å². The quantitative estimate of drug-likeness (QED) is 0.341. The van der Waals surface area contributed by atoms with Gasteiger partial charge in [-0.25, -0.2) is 5.56 Å². The van der Waals surface area contributed by atoms with E-state index in [4.69, 9.17) is 0 Å². The number of hydrogen-bond acceptors (Lipinski definition) is 0. The van der Waals surface area contributed by atoms with Crippen LogP contribution in [0.15, 0.2) is 78.9 Å². The molecule has 0 fully saturated rings. The van der Waals surface area contributed by atoms with Gasteiger partial charge < -0.3 is 0 Å². The van der Waals surface area contributed by atoms with Crippen LogP contribution in [-0.2, 0) is 20.4 Å². The minimum Gasteiger partial charge on any atom is -0.209 e. The van der Waals surface area contributed by atoms with E-state index in [1.54, 1.807) is 0 Å². The molecule has 22 heavy (non-hydrogen) atoms. The van der Waals surface area contributed by atoms with E-state index in [1.165, 1.54) is 5.56 Å². The average molecular weight is 375 g/mol. The second-order valence-corrected chi connectivity index (χ2v) is 5.01. The smallest absolute Gasteiger partial charge is 0.209 e. The fourth-order valence-electron chi connectivity index (χ4n) is 2.22. The van der Waals surface area contributed by atoms with Crippen LogP contribution in [0.5, 0.6) is 0 Å². The van der Waals surface area contributed by atoms with Gasteiger partial charge in [-0.1, -0.05) is 55.5 Å². The summed E-state index contributed by atoms with van der Waals surface area (Å²) in [4.78, 5) is 0. The van der Waals surface area contributed by atoms with Crippen molar-refractivity contribution in [1.29, 1.82) is 0 Å². The molecule has 3 rings (SSSR count). The molecule has 0 aliphatic rings. The third-order valence-electron chi connectivity index (χ3n) is 3.34. The summed E-state index contributed by atoms with van der Waals surface area (Å²) in [6, 6.07) is 30.2. The molecule has 0 heterocycles. The van der Waals surface area contributed by atoms with Gasteiger partial charge in [0.2, 0.25) is 0 Å². The molecule has 0 saturated heterocycles. The van der Waals surface area contributed by atoms with Crippen LogP contribution in [0, 0.1) is 19.1 Å². The van der Waals surface area contributed by atoms with E-state index < -0.39 is 0 Å². The van der Waals surface area contributed by atoms with Crippen LogP contribution in [0.1, 0.15) is 22.3 Å². The minimum atomic E-state index is 0. The molecule has 3 aromatic rings. The van der Waals surface area contributed by atoms with Crippen molar-refractivity contribution in [2.75, 3.05) is 0 Å². The molecule has 0 radical (unpaired) electrons. The first kappa shape index (κ1) is 16.4. The zero-order valence-corrected chi connectivity index (χ0v) is 13.9. The van der Waals surface area contributed by atoms with Crippen molar-refractivity contribution in [1.82, 2.24) is 0 Å². The Morgan fingerprint density at radius 3 is 2.05 bits per heavy atom. The van der Waals surface area contributed by atoms with E-state index in [0.29, 0.717) is 0 Å². The van der Waals surface area contributed by atoms with Crippen LogP contribution in [0.25, 0.3) is 5.57 Å². The first-order valence-electron chi connectivity index (χ1n) is 7.06. The molecule has 1 heteroatoms. The van der Waals surface area contributed by atoms with E-state index in [-0.39, 0.29) is 20.4 Å². The van der Waals surface area contributed by atoms with Gasteiger partial charge in [-0.2, -0.15) is 29.8 Å². The third-order valence-corrected chi connectivity index (χ3v) is 3.34. The van der Waals surface area contributed by atoms with Gasteiger partial charge in [0.15, 0.2) is 0 Å². The maximum atomic E-state index is 3.52. The van der Waals surface area contributed by atoms with Crippen LogP contribution in [0.3, 0.4) is 0 Å². The minimum absolute atomic E-state index is 0. The summed E-state index contributed by atoms with van der Waals surface area (Å²) in [7, 11) is 0. The molecule has 0 spiro atoms. The molecule has 3 aromatic carbocycles. The molecule has 0 atom stereocenters. The van der Waals surface area contributed by atoms with Crippen LogP contribution >= 0.6 is 0 Å². The number of hydrogen-bond donors (Lipinski definition) is 0. The van der Waals surface area contributed by atoms with Gasteiger partial charge in [0.05, 0.1) is 0 Å². The van der Waals surface area contributed by atoms with Crippen LogP contribution in [0.4, 0.5) is 0 Å². The molecule has 0 aliphatic heterocycles. The second-order valence-electron chi connectivity index (χ2n) is 5.01. The predicted octanol–water partition coefficient (Wildman–Crippen LogP) is 5.08. The molecule has 0 bridgehead atoms. The Labute approximate surface area is 146 Å². The molecule has 0 amide bonds. The maximum Gasteiger partial charge on any atom is 2.00 e. The van der Waals surface area contributed by atoms with Crippen molar-refractivity contribution in [3.05, 3.63) is 113 Å². The van der Waals surface area contributed by atoms with Crippen LogP contribution < -0.4 is 0 Å². The summed E-state index contributed by atoms with van der Waals surface area (Å²) in [6.45, 7) is 2.08. The Morgan fingerprint density at radius 1 is 0.818 bits per heavy atom. The van der Waals surface area contributed by atoms with Gasteiger partial charge in [0.25, 0.3) is 0 Å². The third kappa shape index (κ3) is 4.04. The van der Waals surface area contributed by atoms with Gasteiger partial charge in [-0.15, -0.1) is 34.9 Å². The zero-order chi connectivity index (χ0) is 14.5. The molecule has 0 saturated carbocycles.